The summed E-state index contributed by atoms with van der Waals surface area (Å²) >= 11 is 0. The number of terminal acetylenes is 1. The fraction of sp³-hybridized carbons (Fsp3) is 0.429. The smallest absolute Gasteiger partial charge is 0.306 e. The van der Waals surface area contributed by atoms with Gasteiger partial charge in [-0.15, -0.1) is 6.42 Å². The van der Waals surface area contributed by atoms with Crippen LogP contribution in [0.4, 0.5) is 0 Å². The summed E-state index contributed by atoms with van der Waals surface area (Å²) in [4.78, 5) is 0. The molecule has 0 aromatic heterocycles. The molecule has 11 heavy (non-hydrogen) atoms. The van der Waals surface area contributed by atoms with Crippen molar-refractivity contribution in [1.82, 2.24) is 0 Å². The molecule has 0 aromatic rings. The van der Waals surface area contributed by atoms with E-state index >= 15 is 0 Å². The predicted octanol–water partition coefficient (Wildman–Crippen LogP) is 2.01. The summed E-state index contributed by atoms with van der Waals surface area (Å²) in [6.07, 6.45) is 4.90. The van der Waals surface area contributed by atoms with Gasteiger partial charge in [0.15, 0.2) is 0 Å². The molecule has 0 heterocycles. The molecule has 0 aromatic carbocycles. The highest BCUT2D eigenvalue weighted by Crippen LogP contribution is 2.48. The van der Waals surface area contributed by atoms with E-state index in [1.807, 2.05) is 0 Å². The Morgan fingerprint density at radius 1 is 1.73 bits per heavy atom. The Kier molecular flexibility index (Phi) is 4.89. The highest BCUT2D eigenvalue weighted by Gasteiger charge is 2.17. The molecule has 0 bridgehead atoms. The van der Waals surface area contributed by atoms with Crippen LogP contribution >= 0.6 is 7.60 Å². The van der Waals surface area contributed by atoms with Gasteiger partial charge in [-0.25, -0.2) is 0 Å². The Morgan fingerprint density at radius 3 is 2.73 bits per heavy atom. The molecule has 1 unspecified atom stereocenters. The summed E-state index contributed by atoms with van der Waals surface area (Å²) in [5.74, 6) is 3.34. The van der Waals surface area contributed by atoms with Crippen molar-refractivity contribution in [3.63, 3.8) is 0 Å². The van der Waals surface area contributed by atoms with Crippen molar-refractivity contribution in [3.05, 3.63) is 12.4 Å². The van der Waals surface area contributed by atoms with Crippen LogP contribution in [0.25, 0.3) is 0 Å². The maximum Gasteiger partial charge on any atom is 0.354 e. The van der Waals surface area contributed by atoms with Crippen LogP contribution in [0.1, 0.15) is 6.92 Å². The molecule has 0 amide bonds. The van der Waals surface area contributed by atoms with E-state index in [1.54, 1.807) is 6.92 Å². The molecule has 0 aliphatic carbocycles. The van der Waals surface area contributed by atoms with Crippen LogP contribution in [0, 0.1) is 12.3 Å². The molecular formula is C7H11O3P. The van der Waals surface area contributed by atoms with E-state index in [-0.39, 0.29) is 6.61 Å². The van der Waals surface area contributed by atoms with Gasteiger partial charge in [0.25, 0.3) is 0 Å². The SMILES string of the molecule is C#CCOP(=O)(C=C)OCC. The average molecular weight is 174 g/mol. The van der Waals surface area contributed by atoms with Gasteiger partial charge in [0.2, 0.25) is 0 Å². The maximum atomic E-state index is 11.3. The molecular weight excluding hydrogens is 163 g/mol. The molecule has 0 aliphatic rings. The van der Waals surface area contributed by atoms with Crippen LogP contribution in [-0.2, 0) is 13.6 Å². The van der Waals surface area contributed by atoms with Crippen LogP contribution in [0.15, 0.2) is 12.4 Å². The van der Waals surface area contributed by atoms with Gasteiger partial charge in [-0.2, -0.15) is 0 Å². The van der Waals surface area contributed by atoms with E-state index in [0.717, 1.165) is 5.82 Å². The van der Waals surface area contributed by atoms with Crippen molar-refractivity contribution in [2.45, 2.75) is 6.92 Å². The topological polar surface area (TPSA) is 35.5 Å². The van der Waals surface area contributed by atoms with E-state index < -0.39 is 7.60 Å². The van der Waals surface area contributed by atoms with Crippen molar-refractivity contribution < 1.29 is 13.6 Å². The predicted molar refractivity (Wildman–Crippen MR) is 44.2 cm³/mol. The Bertz CT molecular complexity index is 204. The molecule has 0 fully saturated rings. The summed E-state index contributed by atoms with van der Waals surface area (Å²) in [6, 6.07) is 0. The molecule has 0 saturated heterocycles. The zero-order valence-electron chi connectivity index (χ0n) is 6.45. The first kappa shape index (κ1) is 10.4. The van der Waals surface area contributed by atoms with Gasteiger partial charge in [0.1, 0.15) is 6.61 Å². The maximum absolute atomic E-state index is 11.3. The standard InChI is InChI=1S/C7H11O3P/c1-4-7-10-11(8,6-3)9-5-2/h1,6H,3,5,7H2,2H3. The van der Waals surface area contributed by atoms with Crippen LogP contribution < -0.4 is 0 Å². The second-order valence-corrected chi connectivity index (χ2v) is 3.58. The molecule has 3 nitrogen and oxygen atoms in total. The molecule has 0 N–H and O–H groups in total. The van der Waals surface area contributed by atoms with Crippen molar-refractivity contribution in [2.24, 2.45) is 0 Å². The quantitative estimate of drug-likeness (QED) is 0.472. The van der Waals surface area contributed by atoms with Crippen LogP contribution in [0.3, 0.4) is 0 Å². The minimum atomic E-state index is -3.10. The lowest BCUT2D eigenvalue weighted by atomic mass is 10.8. The number of hydrogen-bond acceptors (Lipinski definition) is 3. The second-order valence-electron chi connectivity index (χ2n) is 1.62. The number of rotatable bonds is 5. The first-order valence-electron chi connectivity index (χ1n) is 3.14. The summed E-state index contributed by atoms with van der Waals surface area (Å²) in [7, 11) is -3.10. The first-order chi connectivity index (χ1) is 5.18. The molecule has 0 aliphatic heterocycles. The fourth-order valence-corrected chi connectivity index (χ4v) is 1.35. The van der Waals surface area contributed by atoms with Crippen molar-refractivity contribution in [2.75, 3.05) is 13.2 Å². The highest BCUT2D eigenvalue weighted by molar-refractivity contribution is 7.57. The molecule has 4 heteroatoms. The van der Waals surface area contributed by atoms with Gasteiger partial charge in [-0.05, 0) is 6.92 Å². The second kappa shape index (κ2) is 5.15. The van der Waals surface area contributed by atoms with Gasteiger partial charge in [-0.3, -0.25) is 9.09 Å². The normalized spacial score (nSPS) is 14.9. The highest BCUT2D eigenvalue weighted by atomic mass is 31.2. The van der Waals surface area contributed by atoms with Crippen molar-refractivity contribution >= 4 is 7.60 Å². The van der Waals surface area contributed by atoms with E-state index in [0.29, 0.717) is 6.61 Å². The first-order valence-corrected chi connectivity index (χ1v) is 4.75. The van der Waals surface area contributed by atoms with Gasteiger partial charge < -0.3 is 4.52 Å². The lowest BCUT2D eigenvalue weighted by Crippen LogP contribution is -1.92. The summed E-state index contributed by atoms with van der Waals surface area (Å²) in [6.45, 7) is 5.33. The Labute approximate surface area is 66.9 Å². The van der Waals surface area contributed by atoms with Gasteiger partial charge in [-0.1, -0.05) is 12.5 Å². The van der Waals surface area contributed by atoms with E-state index in [1.165, 1.54) is 0 Å². The Hall–Kier alpha value is -0.550. The number of hydrogen-bond donors (Lipinski definition) is 0. The van der Waals surface area contributed by atoms with Crippen LogP contribution in [0.2, 0.25) is 0 Å². The fourth-order valence-electron chi connectivity index (χ4n) is 0.450. The molecule has 0 radical (unpaired) electrons. The Balaban J connectivity index is 4.02. The van der Waals surface area contributed by atoms with Gasteiger partial charge in [0.05, 0.1) is 6.61 Å². The lowest BCUT2D eigenvalue weighted by molar-refractivity contribution is 0.239. The van der Waals surface area contributed by atoms with E-state index in [4.69, 9.17) is 15.5 Å². The molecule has 0 rings (SSSR count). The third-order valence-corrected chi connectivity index (χ3v) is 2.41. The minimum absolute atomic E-state index is 0.0245. The van der Waals surface area contributed by atoms with Gasteiger partial charge in [0, 0.05) is 5.82 Å². The summed E-state index contributed by atoms with van der Waals surface area (Å²) in [5.41, 5.74) is 0. The van der Waals surface area contributed by atoms with E-state index in [9.17, 15) is 4.57 Å². The average Bonchev–Trinajstić information content (AvgIpc) is 2.02. The third-order valence-electron chi connectivity index (χ3n) is 0.860. The van der Waals surface area contributed by atoms with Crippen LogP contribution in [0.5, 0.6) is 0 Å². The summed E-state index contributed by atoms with van der Waals surface area (Å²) < 4.78 is 20.8. The Morgan fingerprint density at radius 2 is 2.36 bits per heavy atom. The van der Waals surface area contributed by atoms with Gasteiger partial charge >= 0.3 is 7.60 Å². The largest absolute Gasteiger partial charge is 0.354 e. The zero-order chi connectivity index (χ0) is 8.74. The van der Waals surface area contributed by atoms with E-state index in [2.05, 4.69) is 12.5 Å². The zero-order valence-corrected chi connectivity index (χ0v) is 7.34. The molecule has 62 valence electrons. The minimum Gasteiger partial charge on any atom is -0.306 e. The summed E-state index contributed by atoms with van der Waals surface area (Å²) in [5, 5.41) is 0. The monoisotopic (exact) mass is 174 g/mol. The van der Waals surface area contributed by atoms with Crippen LogP contribution in [-0.4, -0.2) is 13.2 Å². The molecule has 0 saturated carbocycles. The molecule has 0 spiro atoms. The third kappa shape index (κ3) is 4.00. The molecule has 1 atom stereocenters. The van der Waals surface area contributed by atoms with Crippen molar-refractivity contribution in [3.8, 4) is 12.3 Å². The van der Waals surface area contributed by atoms with Crippen molar-refractivity contribution in [1.29, 1.82) is 0 Å². The lowest BCUT2D eigenvalue weighted by Gasteiger charge is -2.10.